The van der Waals surface area contributed by atoms with Crippen molar-refractivity contribution in [2.75, 3.05) is 11.4 Å². The van der Waals surface area contributed by atoms with Gasteiger partial charge in [0, 0.05) is 18.8 Å². The summed E-state index contributed by atoms with van der Waals surface area (Å²) in [6.45, 7) is 4.17. The first kappa shape index (κ1) is 15.6. The predicted octanol–water partition coefficient (Wildman–Crippen LogP) is 4.07. The number of phenolic OH excluding ortho intramolecular Hbond substituents is 1. The summed E-state index contributed by atoms with van der Waals surface area (Å²) in [5.74, 6) is -0.147. The predicted molar refractivity (Wildman–Crippen MR) is 84.5 cm³/mol. The van der Waals surface area contributed by atoms with E-state index < -0.39 is 0 Å². The molecule has 1 heterocycles. The van der Waals surface area contributed by atoms with Crippen molar-refractivity contribution in [3.63, 3.8) is 0 Å². The van der Waals surface area contributed by atoms with Gasteiger partial charge in [0.05, 0.1) is 16.3 Å². The Morgan fingerprint density at radius 1 is 1.33 bits per heavy atom. The van der Waals surface area contributed by atoms with Crippen LogP contribution in [0, 0.1) is 6.92 Å². The number of aromatic hydroxyl groups is 1. The van der Waals surface area contributed by atoms with Gasteiger partial charge in [0.2, 0.25) is 0 Å². The monoisotopic (exact) mass is 324 g/mol. The second kappa shape index (κ2) is 6.33. The molecule has 110 valence electrons. The molecule has 21 heavy (non-hydrogen) atoms. The van der Waals surface area contributed by atoms with Crippen LogP contribution in [0.4, 0.5) is 5.69 Å². The molecule has 0 fully saturated rings. The summed E-state index contributed by atoms with van der Waals surface area (Å²) in [6, 6.07) is 6.38. The topological polar surface area (TPSA) is 53.4 Å². The molecular weight excluding hydrogens is 311 g/mol. The molecule has 0 radical (unpaired) electrons. The van der Waals surface area contributed by atoms with E-state index in [4.69, 9.17) is 23.2 Å². The van der Waals surface area contributed by atoms with Crippen LogP contribution in [0.25, 0.3) is 0 Å². The summed E-state index contributed by atoms with van der Waals surface area (Å²) >= 11 is 11.7. The maximum absolute atomic E-state index is 12.6. The standard InChI is InChI=1S/C15H14Cl2N2O2/c1-3-19(13-7-11(20)5-4-9(13)2)15(21)10-6-12(16)14(17)18-8-10/h4-8,20H,3H2,1-2H3. The molecular formula is C15H14Cl2N2O2. The van der Waals surface area contributed by atoms with Gasteiger partial charge in [-0.15, -0.1) is 0 Å². The molecule has 1 aromatic heterocycles. The van der Waals surface area contributed by atoms with E-state index in [1.54, 1.807) is 23.1 Å². The summed E-state index contributed by atoms with van der Waals surface area (Å²) in [7, 11) is 0. The second-order valence-electron chi connectivity index (χ2n) is 4.52. The average Bonchev–Trinajstić information content (AvgIpc) is 2.46. The fraction of sp³-hybridized carbons (Fsp3) is 0.200. The summed E-state index contributed by atoms with van der Waals surface area (Å²) < 4.78 is 0. The van der Waals surface area contributed by atoms with E-state index in [1.165, 1.54) is 12.3 Å². The summed E-state index contributed by atoms with van der Waals surface area (Å²) in [5, 5.41) is 10.0. The summed E-state index contributed by atoms with van der Waals surface area (Å²) in [4.78, 5) is 18.0. The van der Waals surface area contributed by atoms with Crippen LogP contribution in [0.5, 0.6) is 5.75 Å². The van der Waals surface area contributed by atoms with Crippen molar-refractivity contribution in [1.82, 2.24) is 4.98 Å². The van der Waals surface area contributed by atoms with Crippen LogP contribution in [-0.2, 0) is 0 Å². The number of anilines is 1. The number of amides is 1. The maximum Gasteiger partial charge on any atom is 0.259 e. The maximum atomic E-state index is 12.6. The minimum atomic E-state index is -0.253. The van der Waals surface area contributed by atoms with E-state index >= 15 is 0 Å². The zero-order valence-corrected chi connectivity index (χ0v) is 13.1. The van der Waals surface area contributed by atoms with E-state index in [9.17, 15) is 9.90 Å². The van der Waals surface area contributed by atoms with Crippen molar-refractivity contribution in [2.24, 2.45) is 0 Å². The highest BCUT2D eigenvalue weighted by atomic mass is 35.5. The van der Waals surface area contributed by atoms with Crippen molar-refractivity contribution in [3.8, 4) is 5.75 Å². The van der Waals surface area contributed by atoms with E-state index in [-0.39, 0.29) is 21.8 Å². The van der Waals surface area contributed by atoms with Crippen LogP contribution in [0.2, 0.25) is 10.2 Å². The van der Waals surface area contributed by atoms with E-state index in [1.807, 2.05) is 13.8 Å². The number of carbonyl (C=O) groups excluding carboxylic acids is 1. The summed E-state index contributed by atoms with van der Waals surface area (Å²) in [6.07, 6.45) is 1.39. The Morgan fingerprint density at radius 2 is 2.05 bits per heavy atom. The van der Waals surface area contributed by atoms with Crippen LogP contribution in [0.15, 0.2) is 30.5 Å². The van der Waals surface area contributed by atoms with Gasteiger partial charge in [-0.2, -0.15) is 0 Å². The molecule has 0 saturated heterocycles. The number of nitrogens with zero attached hydrogens (tertiary/aromatic N) is 2. The van der Waals surface area contributed by atoms with Gasteiger partial charge in [0.25, 0.3) is 5.91 Å². The van der Waals surface area contributed by atoms with E-state index in [0.29, 0.717) is 17.8 Å². The zero-order chi connectivity index (χ0) is 15.6. The number of hydrogen-bond acceptors (Lipinski definition) is 3. The minimum absolute atomic E-state index is 0.106. The van der Waals surface area contributed by atoms with Crippen LogP contribution in [0.1, 0.15) is 22.8 Å². The van der Waals surface area contributed by atoms with Crippen molar-refractivity contribution >= 4 is 34.8 Å². The lowest BCUT2D eigenvalue weighted by Gasteiger charge is -2.23. The number of carbonyl (C=O) groups is 1. The molecule has 0 spiro atoms. The molecule has 1 N–H and O–H groups in total. The van der Waals surface area contributed by atoms with E-state index in [0.717, 1.165) is 5.56 Å². The zero-order valence-electron chi connectivity index (χ0n) is 11.6. The fourth-order valence-corrected chi connectivity index (χ4v) is 2.28. The largest absolute Gasteiger partial charge is 0.508 e. The molecule has 0 aliphatic carbocycles. The third kappa shape index (κ3) is 3.28. The van der Waals surface area contributed by atoms with Gasteiger partial charge < -0.3 is 10.0 Å². The third-order valence-electron chi connectivity index (χ3n) is 3.09. The molecule has 0 saturated carbocycles. The average molecular weight is 325 g/mol. The number of phenols is 1. The SMILES string of the molecule is CCN(C(=O)c1cnc(Cl)c(Cl)c1)c1cc(O)ccc1C. The molecule has 2 aromatic rings. The number of benzene rings is 1. The Labute approximate surface area is 132 Å². The molecule has 1 aromatic carbocycles. The van der Waals surface area contributed by atoms with Gasteiger partial charge in [0.1, 0.15) is 10.9 Å². The van der Waals surface area contributed by atoms with Crippen molar-refractivity contribution in [2.45, 2.75) is 13.8 Å². The lowest BCUT2D eigenvalue weighted by molar-refractivity contribution is 0.0988. The Morgan fingerprint density at radius 3 is 2.67 bits per heavy atom. The van der Waals surface area contributed by atoms with Crippen LogP contribution >= 0.6 is 23.2 Å². The van der Waals surface area contributed by atoms with E-state index in [2.05, 4.69) is 4.98 Å². The van der Waals surface area contributed by atoms with Gasteiger partial charge >= 0.3 is 0 Å². The molecule has 6 heteroatoms. The Hall–Kier alpha value is -1.78. The first-order valence-electron chi connectivity index (χ1n) is 6.36. The molecule has 0 aliphatic heterocycles. The molecule has 0 unspecified atom stereocenters. The van der Waals surface area contributed by atoms with Gasteiger partial charge in [-0.1, -0.05) is 29.3 Å². The lowest BCUT2D eigenvalue weighted by atomic mass is 10.1. The third-order valence-corrected chi connectivity index (χ3v) is 3.77. The number of halogens is 2. The molecule has 1 amide bonds. The normalized spacial score (nSPS) is 10.5. The lowest BCUT2D eigenvalue weighted by Crippen LogP contribution is -2.31. The van der Waals surface area contributed by atoms with Crippen LogP contribution in [0.3, 0.4) is 0 Å². The number of aromatic nitrogens is 1. The fourth-order valence-electron chi connectivity index (χ4n) is 2.01. The van der Waals surface area contributed by atoms with Crippen LogP contribution in [-0.4, -0.2) is 22.5 Å². The van der Waals surface area contributed by atoms with Crippen molar-refractivity contribution < 1.29 is 9.90 Å². The van der Waals surface area contributed by atoms with Gasteiger partial charge in [-0.3, -0.25) is 4.79 Å². The molecule has 0 bridgehead atoms. The van der Waals surface area contributed by atoms with Crippen molar-refractivity contribution in [1.29, 1.82) is 0 Å². The highest BCUT2D eigenvalue weighted by Crippen LogP contribution is 2.27. The van der Waals surface area contributed by atoms with Gasteiger partial charge in [0.15, 0.2) is 0 Å². The molecule has 0 aliphatic rings. The highest BCUT2D eigenvalue weighted by molar-refractivity contribution is 6.41. The highest BCUT2D eigenvalue weighted by Gasteiger charge is 2.19. The Bertz CT molecular complexity index is 689. The van der Waals surface area contributed by atoms with Gasteiger partial charge in [-0.05, 0) is 31.5 Å². The van der Waals surface area contributed by atoms with Gasteiger partial charge in [-0.25, -0.2) is 4.98 Å². The minimum Gasteiger partial charge on any atom is -0.508 e. The van der Waals surface area contributed by atoms with Crippen molar-refractivity contribution in [3.05, 3.63) is 51.8 Å². The Kier molecular flexibility index (Phi) is 4.70. The first-order valence-corrected chi connectivity index (χ1v) is 7.12. The number of pyridine rings is 1. The molecule has 0 atom stereocenters. The van der Waals surface area contributed by atoms with Crippen LogP contribution < -0.4 is 4.90 Å². The number of hydrogen-bond donors (Lipinski definition) is 1. The quantitative estimate of drug-likeness (QED) is 0.866. The first-order chi connectivity index (χ1) is 9.93. The molecule has 4 nitrogen and oxygen atoms in total. The number of rotatable bonds is 3. The summed E-state index contributed by atoms with van der Waals surface area (Å²) in [5.41, 5.74) is 1.87. The molecule has 2 rings (SSSR count). The Balaban J connectivity index is 2.43. The smallest absolute Gasteiger partial charge is 0.259 e. The second-order valence-corrected chi connectivity index (χ2v) is 5.28. The number of aryl methyl sites for hydroxylation is 1.